The van der Waals surface area contributed by atoms with Crippen LogP contribution in [-0.2, 0) is 6.42 Å². The highest BCUT2D eigenvalue weighted by Gasteiger charge is 2.24. The van der Waals surface area contributed by atoms with Crippen molar-refractivity contribution >= 4 is 5.69 Å². The van der Waals surface area contributed by atoms with Gasteiger partial charge in [-0.15, -0.1) is 6.58 Å². The SMILES string of the molecule is C=CCc1cc(OC)ccc1OC[C@H](O)C[NH+]1CCN(c2ccccc2F)CC1. The third-order valence-corrected chi connectivity index (χ3v) is 5.25. The lowest BCUT2D eigenvalue weighted by Gasteiger charge is -2.34. The summed E-state index contributed by atoms with van der Waals surface area (Å²) < 4.78 is 25.1. The molecule has 0 bridgehead atoms. The monoisotopic (exact) mass is 401 g/mol. The summed E-state index contributed by atoms with van der Waals surface area (Å²) in [4.78, 5) is 3.37. The van der Waals surface area contributed by atoms with Crippen LogP contribution in [0.25, 0.3) is 0 Å². The molecule has 1 heterocycles. The summed E-state index contributed by atoms with van der Waals surface area (Å²) in [6.45, 7) is 7.88. The number of methoxy groups -OCH3 is 1. The van der Waals surface area contributed by atoms with E-state index >= 15 is 0 Å². The Labute approximate surface area is 172 Å². The fraction of sp³-hybridized carbons (Fsp3) is 0.391. The number of piperazine rings is 1. The molecule has 1 saturated heterocycles. The van der Waals surface area contributed by atoms with Gasteiger partial charge in [-0.1, -0.05) is 18.2 Å². The molecule has 0 amide bonds. The van der Waals surface area contributed by atoms with Gasteiger partial charge in [0.15, 0.2) is 0 Å². The van der Waals surface area contributed by atoms with Gasteiger partial charge in [0, 0.05) is 5.56 Å². The summed E-state index contributed by atoms with van der Waals surface area (Å²) in [5, 5.41) is 10.4. The summed E-state index contributed by atoms with van der Waals surface area (Å²) >= 11 is 0. The van der Waals surface area contributed by atoms with E-state index in [-0.39, 0.29) is 12.4 Å². The minimum absolute atomic E-state index is 0.181. The number of aliphatic hydroxyl groups excluding tert-OH is 1. The van der Waals surface area contributed by atoms with Crippen LogP contribution in [0.5, 0.6) is 11.5 Å². The third kappa shape index (κ3) is 5.71. The average Bonchev–Trinajstić information content (AvgIpc) is 2.74. The average molecular weight is 402 g/mol. The molecule has 5 nitrogen and oxygen atoms in total. The van der Waals surface area contributed by atoms with Crippen LogP contribution in [0, 0.1) is 5.82 Å². The lowest BCUT2D eigenvalue weighted by atomic mass is 10.1. The molecule has 3 rings (SSSR count). The molecule has 0 radical (unpaired) electrons. The predicted molar refractivity (Wildman–Crippen MR) is 113 cm³/mol. The number of nitrogens with one attached hydrogen (secondary N) is 1. The van der Waals surface area contributed by atoms with E-state index in [9.17, 15) is 9.50 Å². The Morgan fingerprint density at radius 1 is 1.24 bits per heavy atom. The van der Waals surface area contributed by atoms with Crippen LogP contribution in [0.3, 0.4) is 0 Å². The van der Waals surface area contributed by atoms with Crippen molar-refractivity contribution in [1.82, 2.24) is 0 Å². The van der Waals surface area contributed by atoms with Crippen LogP contribution in [-0.4, -0.2) is 57.7 Å². The second kappa shape index (κ2) is 10.3. The zero-order chi connectivity index (χ0) is 20.6. The van der Waals surface area contributed by atoms with E-state index in [1.165, 1.54) is 11.0 Å². The Morgan fingerprint density at radius 3 is 2.69 bits per heavy atom. The van der Waals surface area contributed by atoms with Gasteiger partial charge >= 0.3 is 0 Å². The first-order chi connectivity index (χ1) is 14.1. The van der Waals surface area contributed by atoms with E-state index in [4.69, 9.17) is 9.47 Å². The minimum Gasteiger partial charge on any atom is -0.497 e. The van der Waals surface area contributed by atoms with Crippen molar-refractivity contribution in [3.63, 3.8) is 0 Å². The summed E-state index contributed by atoms with van der Waals surface area (Å²) in [7, 11) is 1.63. The number of aliphatic hydroxyl groups is 1. The van der Waals surface area contributed by atoms with Crippen molar-refractivity contribution in [2.75, 3.05) is 51.3 Å². The fourth-order valence-corrected chi connectivity index (χ4v) is 3.69. The van der Waals surface area contributed by atoms with Gasteiger partial charge < -0.3 is 24.4 Å². The highest BCUT2D eigenvalue weighted by molar-refractivity contribution is 5.47. The van der Waals surface area contributed by atoms with Gasteiger partial charge in [0.05, 0.1) is 39.0 Å². The molecule has 0 saturated carbocycles. The van der Waals surface area contributed by atoms with Crippen LogP contribution in [0.15, 0.2) is 55.1 Å². The third-order valence-electron chi connectivity index (χ3n) is 5.25. The maximum absolute atomic E-state index is 14.0. The highest BCUT2D eigenvalue weighted by Crippen LogP contribution is 2.25. The number of nitrogens with zero attached hydrogens (tertiary/aromatic N) is 1. The van der Waals surface area contributed by atoms with Crippen LogP contribution in [0.1, 0.15) is 5.56 Å². The number of quaternary nitrogens is 1. The topological polar surface area (TPSA) is 46.4 Å². The quantitative estimate of drug-likeness (QED) is 0.628. The number of halogens is 1. The van der Waals surface area contributed by atoms with Gasteiger partial charge in [0.1, 0.15) is 36.6 Å². The van der Waals surface area contributed by atoms with E-state index < -0.39 is 6.10 Å². The molecule has 2 N–H and O–H groups in total. The molecule has 6 heteroatoms. The lowest BCUT2D eigenvalue weighted by Crippen LogP contribution is -3.16. The van der Waals surface area contributed by atoms with Gasteiger partial charge in [-0.05, 0) is 36.8 Å². The molecule has 156 valence electrons. The van der Waals surface area contributed by atoms with Crippen LogP contribution >= 0.6 is 0 Å². The second-order valence-electron chi connectivity index (χ2n) is 7.32. The molecular formula is C23H30FN2O3+. The normalized spacial score (nSPS) is 15.8. The summed E-state index contributed by atoms with van der Waals surface area (Å²) in [5.41, 5.74) is 1.64. The number of anilines is 1. The zero-order valence-electron chi connectivity index (χ0n) is 16.9. The maximum atomic E-state index is 14.0. The first-order valence-corrected chi connectivity index (χ1v) is 10.0. The molecule has 1 atom stereocenters. The fourth-order valence-electron chi connectivity index (χ4n) is 3.69. The molecule has 0 spiro atoms. The summed E-state index contributed by atoms with van der Waals surface area (Å²) in [6, 6.07) is 12.5. The Hall–Kier alpha value is -2.57. The molecule has 0 aromatic heterocycles. The summed E-state index contributed by atoms with van der Waals surface area (Å²) in [6.07, 6.45) is 1.92. The number of rotatable bonds is 9. The number of ether oxygens (including phenoxy) is 2. The Morgan fingerprint density at radius 2 is 2.00 bits per heavy atom. The van der Waals surface area contributed by atoms with Gasteiger partial charge in [0.25, 0.3) is 0 Å². The lowest BCUT2D eigenvalue weighted by molar-refractivity contribution is -0.903. The van der Waals surface area contributed by atoms with Crippen molar-refractivity contribution < 1.29 is 23.9 Å². The molecular weight excluding hydrogens is 371 g/mol. The van der Waals surface area contributed by atoms with Crippen molar-refractivity contribution in [2.24, 2.45) is 0 Å². The molecule has 29 heavy (non-hydrogen) atoms. The predicted octanol–water partition coefficient (Wildman–Crippen LogP) is 1.71. The van der Waals surface area contributed by atoms with Crippen LogP contribution < -0.4 is 19.3 Å². The number of hydrogen-bond donors (Lipinski definition) is 2. The first kappa shape index (κ1) is 21.1. The van der Waals surface area contributed by atoms with Crippen molar-refractivity contribution in [3.05, 3.63) is 66.5 Å². The van der Waals surface area contributed by atoms with Crippen molar-refractivity contribution in [3.8, 4) is 11.5 Å². The van der Waals surface area contributed by atoms with Crippen molar-refractivity contribution in [2.45, 2.75) is 12.5 Å². The van der Waals surface area contributed by atoms with E-state index in [1.54, 1.807) is 13.2 Å². The van der Waals surface area contributed by atoms with Crippen molar-refractivity contribution in [1.29, 1.82) is 0 Å². The van der Waals surface area contributed by atoms with Crippen LogP contribution in [0.4, 0.5) is 10.1 Å². The van der Waals surface area contributed by atoms with E-state index in [0.717, 1.165) is 43.2 Å². The molecule has 1 aliphatic heterocycles. The Bertz CT molecular complexity index is 806. The van der Waals surface area contributed by atoms with E-state index in [2.05, 4.69) is 11.5 Å². The Balaban J connectivity index is 1.48. The Kier molecular flexibility index (Phi) is 7.49. The first-order valence-electron chi connectivity index (χ1n) is 10.0. The van der Waals surface area contributed by atoms with E-state index in [0.29, 0.717) is 18.7 Å². The van der Waals surface area contributed by atoms with Gasteiger partial charge in [-0.25, -0.2) is 4.39 Å². The number of para-hydroxylation sites is 1. The number of allylic oxidation sites excluding steroid dienone is 1. The molecule has 2 aromatic carbocycles. The second-order valence-corrected chi connectivity index (χ2v) is 7.32. The summed E-state index contributed by atoms with van der Waals surface area (Å²) in [5.74, 6) is 1.33. The minimum atomic E-state index is -0.566. The molecule has 2 aromatic rings. The van der Waals surface area contributed by atoms with Crippen LogP contribution in [0.2, 0.25) is 0 Å². The largest absolute Gasteiger partial charge is 0.497 e. The molecule has 0 aliphatic carbocycles. The number of hydrogen-bond acceptors (Lipinski definition) is 4. The molecule has 0 unspecified atom stereocenters. The molecule has 1 fully saturated rings. The zero-order valence-corrected chi connectivity index (χ0v) is 16.9. The van der Waals surface area contributed by atoms with E-state index in [1.807, 2.05) is 36.4 Å². The smallest absolute Gasteiger partial charge is 0.146 e. The highest BCUT2D eigenvalue weighted by atomic mass is 19.1. The van der Waals surface area contributed by atoms with Gasteiger partial charge in [-0.2, -0.15) is 0 Å². The maximum Gasteiger partial charge on any atom is 0.146 e. The molecule has 1 aliphatic rings. The number of benzene rings is 2. The standard InChI is InChI=1S/C23H29FN2O3/c1-3-6-18-15-20(28-2)9-10-23(18)29-17-19(27)16-25-11-13-26(14-12-25)22-8-5-4-7-21(22)24/h3-5,7-10,15,19,27H,1,6,11-14,16-17H2,2H3/p+1/t19-/m1/s1. The van der Waals surface area contributed by atoms with Gasteiger partial charge in [0.2, 0.25) is 0 Å². The van der Waals surface area contributed by atoms with Gasteiger partial charge in [-0.3, -0.25) is 0 Å².